The standard InChI is InChI=1S/C6H14O3.Na.H3O4P.H/c1-2-8-5-6-9-4-3-7;;1-5(2,3)4;/h7H,2-6H2,1H3;;(H3,1,2,3,4);/q;+1;;-1. The molecule has 4 N–H and O–H groups in total. The SMILES string of the molecule is CCOCCOCCO.O=P(O)(O)O.[H-].[Na+]. The molecule has 0 aliphatic carbocycles. The van der Waals surface area contributed by atoms with Crippen molar-refractivity contribution in [2.45, 2.75) is 6.92 Å². The molecule has 0 aromatic rings. The van der Waals surface area contributed by atoms with Crippen molar-refractivity contribution in [2.75, 3.05) is 33.0 Å². The maximum atomic E-state index is 8.88. The fourth-order valence-electron chi connectivity index (χ4n) is 0.429. The first-order chi connectivity index (χ1) is 6.41. The minimum atomic E-state index is -4.64. The van der Waals surface area contributed by atoms with Crippen molar-refractivity contribution in [3.63, 3.8) is 0 Å². The quantitative estimate of drug-likeness (QED) is 0.219. The van der Waals surface area contributed by atoms with Crippen LogP contribution in [0.25, 0.3) is 0 Å². The molecular formula is C6H18NaO7P. The van der Waals surface area contributed by atoms with E-state index in [0.717, 1.165) is 6.61 Å². The monoisotopic (exact) mass is 256 g/mol. The van der Waals surface area contributed by atoms with Gasteiger partial charge < -0.3 is 30.7 Å². The van der Waals surface area contributed by atoms with Crippen LogP contribution in [0.15, 0.2) is 0 Å². The van der Waals surface area contributed by atoms with Gasteiger partial charge in [0.1, 0.15) is 0 Å². The summed E-state index contributed by atoms with van der Waals surface area (Å²) in [7, 11) is -4.64. The molecule has 0 saturated heterocycles. The van der Waals surface area contributed by atoms with Crippen LogP contribution in [0.3, 0.4) is 0 Å². The summed E-state index contributed by atoms with van der Waals surface area (Å²) < 4.78 is 18.8. The number of aliphatic hydroxyl groups is 1. The summed E-state index contributed by atoms with van der Waals surface area (Å²) >= 11 is 0. The Balaban J connectivity index is -0.0000000904. The fraction of sp³-hybridized carbons (Fsp3) is 1.00. The molecule has 0 spiro atoms. The zero-order valence-electron chi connectivity index (χ0n) is 10.00. The molecule has 0 unspecified atom stereocenters. The number of hydrogen-bond donors (Lipinski definition) is 4. The van der Waals surface area contributed by atoms with Gasteiger partial charge in [-0.1, -0.05) is 0 Å². The first kappa shape index (κ1) is 21.3. The molecule has 0 aliphatic heterocycles. The van der Waals surface area contributed by atoms with Gasteiger partial charge in [-0.15, -0.1) is 0 Å². The third-order valence-electron chi connectivity index (χ3n) is 0.812. The first-order valence-corrected chi connectivity index (χ1v) is 5.53. The third-order valence-corrected chi connectivity index (χ3v) is 0.812. The Morgan fingerprint density at radius 2 is 1.53 bits per heavy atom. The van der Waals surface area contributed by atoms with Crippen LogP contribution in [-0.2, 0) is 14.0 Å². The molecule has 9 heteroatoms. The summed E-state index contributed by atoms with van der Waals surface area (Å²) in [6, 6.07) is 0. The molecule has 0 aromatic carbocycles. The van der Waals surface area contributed by atoms with Gasteiger partial charge in [-0.25, -0.2) is 4.57 Å². The molecule has 0 fully saturated rings. The van der Waals surface area contributed by atoms with Crippen molar-refractivity contribution in [1.29, 1.82) is 0 Å². The number of phosphoric acid groups is 1. The van der Waals surface area contributed by atoms with E-state index in [1.54, 1.807) is 0 Å². The van der Waals surface area contributed by atoms with Crippen molar-refractivity contribution in [3.05, 3.63) is 0 Å². The fourth-order valence-corrected chi connectivity index (χ4v) is 0.429. The van der Waals surface area contributed by atoms with Crippen LogP contribution >= 0.6 is 7.82 Å². The van der Waals surface area contributed by atoms with Crippen LogP contribution in [0.2, 0.25) is 0 Å². The Bertz CT molecular complexity index is 142. The van der Waals surface area contributed by atoms with Gasteiger partial charge >= 0.3 is 37.4 Å². The van der Waals surface area contributed by atoms with Gasteiger partial charge in [0.25, 0.3) is 0 Å². The van der Waals surface area contributed by atoms with Crippen molar-refractivity contribution < 1.29 is 64.8 Å². The minimum absolute atomic E-state index is 0. The molecule has 0 atom stereocenters. The van der Waals surface area contributed by atoms with Gasteiger partial charge in [0, 0.05) is 6.61 Å². The molecule has 0 heterocycles. The van der Waals surface area contributed by atoms with E-state index < -0.39 is 7.82 Å². The summed E-state index contributed by atoms with van der Waals surface area (Å²) in [5.41, 5.74) is 0. The summed E-state index contributed by atoms with van der Waals surface area (Å²) in [4.78, 5) is 21.6. The van der Waals surface area contributed by atoms with Gasteiger partial charge in [0.2, 0.25) is 0 Å². The average molecular weight is 256 g/mol. The van der Waals surface area contributed by atoms with E-state index >= 15 is 0 Å². The molecular weight excluding hydrogens is 238 g/mol. The zero-order valence-corrected chi connectivity index (χ0v) is 11.9. The van der Waals surface area contributed by atoms with Crippen LogP contribution < -0.4 is 29.6 Å². The van der Waals surface area contributed by atoms with Gasteiger partial charge in [-0.05, 0) is 6.92 Å². The maximum absolute atomic E-state index is 8.88. The van der Waals surface area contributed by atoms with Crippen LogP contribution in [0.1, 0.15) is 8.35 Å². The Kier molecular flexibility index (Phi) is 21.3. The second kappa shape index (κ2) is 15.0. The van der Waals surface area contributed by atoms with Crippen molar-refractivity contribution in [2.24, 2.45) is 0 Å². The van der Waals surface area contributed by atoms with Crippen LogP contribution in [0.5, 0.6) is 0 Å². The number of rotatable bonds is 6. The summed E-state index contributed by atoms with van der Waals surface area (Å²) in [6.07, 6.45) is 0. The first-order valence-electron chi connectivity index (χ1n) is 3.96. The Morgan fingerprint density at radius 3 is 1.87 bits per heavy atom. The molecule has 0 aliphatic rings. The second-order valence-corrected chi connectivity index (χ2v) is 3.07. The number of ether oxygens (including phenoxy) is 2. The van der Waals surface area contributed by atoms with E-state index in [1.165, 1.54) is 0 Å². The molecule has 0 saturated carbocycles. The van der Waals surface area contributed by atoms with Gasteiger partial charge in [-0.3, -0.25) is 0 Å². The zero-order chi connectivity index (χ0) is 11.4. The smallest absolute Gasteiger partial charge is 1.00 e. The predicted octanol–water partition coefficient (Wildman–Crippen LogP) is -3.78. The minimum Gasteiger partial charge on any atom is -1.00 e. The van der Waals surface area contributed by atoms with Crippen LogP contribution in [0, 0.1) is 0 Å². The van der Waals surface area contributed by atoms with E-state index in [-0.39, 0.29) is 37.6 Å². The summed E-state index contributed by atoms with van der Waals surface area (Å²) in [5.74, 6) is 0. The Hall–Kier alpha value is 0.990. The van der Waals surface area contributed by atoms with Crippen LogP contribution in [0.4, 0.5) is 0 Å². The maximum Gasteiger partial charge on any atom is 1.00 e. The molecule has 0 aromatic heterocycles. The predicted molar refractivity (Wildman–Crippen MR) is 49.8 cm³/mol. The molecule has 0 bridgehead atoms. The van der Waals surface area contributed by atoms with Gasteiger partial charge in [0.15, 0.2) is 0 Å². The summed E-state index contributed by atoms with van der Waals surface area (Å²) in [5, 5.41) is 8.26. The topological polar surface area (TPSA) is 116 Å². The van der Waals surface area contributed by atoms with Crippen LogP contribution in [-0.4, -0.2) is 52.8 Å². The van der Waals surface area contributed by atoms with E-state index in [0.29, 0.717) is 19.8 Å². The normalized spacial score (nSPS) is 9.93. The molecule has 7 nitrogen and oxygen atoms in total. The van der Waals surface area contributed by atoms with Crippen molar-refractivity contribution in [3.8, 4) is 0 Å². The Labute approximate surface area is 112 Å². The van der Waals surface area contributed by atoms with Gasteiger partial charge in [-0.2, -0.15) is 0 Å². The number of aliphatic hydroxyl groups excluding tert-OH is 1. The van der Waals surface area contributed by atoms with E-state index in [9.17, 15) is 0 Å². The molecule has 0 rings (SSSR count). The second-order valence-electron chi connectivity index (χ2n) is 2.05. The third kappa shape index (κ3) is 51.8. The largest absolute Gasteiger partial charge is 1.00 e. The van der Waals surface area contributed by atoms with Gasteiger partial charge in [0.05, 0.1) is 26.4 Å². The van der Waals surface area contributed by atoms with E-state index in [4.69, 9.17) is 33.8 Å². The number of hydrogen-bond acceptors (Lipinski definition) is 4. The molecule has 0 radical (unpaired) electrons. The van der Waals surface area contributed by atoms with Crippen molar-refractivity contribution >= 4 is 7.82 Å². The molecule has 90 valence electrons. The Morgan fingerprint density at radius 1 is 1.13 bits per heavy atom. The van der Waals surface area contributed by atoms with Crippen molar-refractivity contribution in [1.82, 2.24) is 0 Å². The average Bonchev–Trinajstić information content (AvgIpc) is 2.01. The van der Waals surface area contributed by atoms with E-state index in [1.807, 2.05) is 6.92 Å². The summed E-state index contributed by atoms with van der Waals surface area (Å²) in [6.45, 7) is 4.36. The molecule has 0 amide bonds. The van der Waals surface area contributed by atoms with E-state index in [2.05, 4.69) is 0 Å². The molecule has 15 heavy (non-hydrogen) atoms.